The van der Waals surface area contributed by atoms with Gasteiger partial charge in [0.05, 0.1) is 5.41 Å². The minimum atomic E-state index is -0.425. The molecule has 1 atom stereocenters. The molecule has 4 heterocycles. The maximum absolute atomic E-state index is 6.14. The second kappa shape index (κ2) is 8.29. The molecule has 0 amide bonds. The number of benzene rings is 2. The lowest BCUT2D eigenvalue weighted by molar-refractivity contribution is 0.0363. The lowest BCUT2D eigenvalue weighted by Crippen LogP contribution is -2.51. The van der Waals surface area contributed by atoms with Crippen LogP contribution < -0.4 is 0 Å². The number of hydrogen-bond acceptors (Lipinski definition) is 4. The second-order valence-corrected chi connectivity index (χ2v) is 8.34. The molecule has 2 bridgehead atoms. The quantitative estimate of drug-likeness (QED) is 0.594. The van der Waals surface area contributed by atoms with Crippen molar-refractivity contribution in [1.82, 2.24) is 15.1 Å². The fourth-order valence-corrected chi connectivity index (χ4v) is 5.30. The van der Waals surface area contributed by atoms with E-state index >= 15 is 0 Å². The highest BCUT2D eigenvalue weighted by molar-refractivity contribution is 5.85. The lowest BCUT2D eigenvalue weighted by atomic mass is 9.67. The van der Waals surface area contributed by atoms with Crippen molar-refractivity contribution >= 4 is 12.4 Å². The van der Waals surface area contributed by atoms with Gasteiger partial charge in [-0.25, -0.2) is 0 Å². The Morgan fingerprint density at radius 2 is 1.52 bits per heavy atom. The molecule has 3 aliphatic rings. The Bertz CT molecular complexity index is 880. The Kier molecular flexibility index (Phi) is 5.75. The molecule has 3 saturated heterocycles. The van der Waals surface area contributed by atoms with Gasteiger partial charge in [0.15, 0.2) is 0 Å². The Morgan fingerprint density at radius 3 is 1.97 bits per heavy atom. The van der Waals surface area contributed by atoms with Crippen LogP contribution in [-0.4, -0.2) is 34.2 Å². The lowest BCUT2D eigenvalue weighted by Gasteiger charge is -2.48. The van der Waals surface area contributed by atoms with E-state index in [4.69, 9.17) is 4.42 Å². The normalized spacial score (nSPS) is 23.6. The molecule has 0 N–H and O–H groups in total. The summed E-state index contributed by atoms with van der Waals surface area (Å²) in [7, 11) is 0. The van der Waals surface area contributed by atoms with Crippen LogP contribution in [0.3, 0.4) is 0 Å². The highest BCUT2D eigenvalue weighted by Gasteiger charge is 2.46. The Hall–Kier alpha value is -2.17. The maximum atomic E-state index is 6.14. The molecule has 1 aromatic heterocycles. The number of nitrogens with zero attached hydrogens (tertiary/aromatic N) is 3. The topological polar surface area (TPSA) is 42.2 Å². The third-order valence-corrected chi connectivity index (χ3v) is 6.74. The minimum absolute atomic E-state index is 0. The number of piperidine rings is 3. The summed E-state index contributed by atoms with van der Waals surface area (Å²) in [5.74, 6) is 2.20. The molecule has 0 saturated carbocycles. The van der Waals surface area contributed by atoms with Gasteiger partial charge in [-0.1, -0.05) is 60.7 Å². The average Bonchev–Trinajstić information content (AvgIpc) is 3.21. The van der Waals surface area contributed by atoms with Gasteiger partial charge in [0, 0.05) is 13.0 Å². The molecule has 0 spiro atoms. The molecule has 0 aliphatic carbocycles. The molecule has 3 aliphatic heterocycles. The monoisotopic (exact) mass is 409 g/mol. The van der Waals surface area contributed by atoms with Crippen molar-refractivity contribution in [2.45, 2.75) is 44.1 Å². The number of rotatable bonds is 5. The molecule has 6 rings (SSSR count). The van der Waals surface area contributed by atoms with Crippen molar-refractivity contribution in [3.8, 4) is 0 Å². The first kappa shape index (κ1) is 20.1. The number of halogens is 1. The molecule has 1 unspecified atom stereocenters. The van der Waals surface area contributed by atoms with Crippen LogP contribution in [0, 0.1) is 12.8 Å². The van der Waals surface area contributed by atoms with Crippen LogP contribution in [-0.2, 0) is 5.41 Å². The molecule has 3 aromatic rings. The van der Waals surface area contributed by atoms with Crippen molar-refractivity contribution in [2.24, 2.45) is 5.92 Å². The van der Waals surface area contributed by atoms with Gasteiger partial charge < -0.3 is 9.32 Å². The van der Waals surface area contributed by atoms with Crippen molar-refractivity contribution in [3.05, 3.63) is 83.6 Å². The molecular formula is C24H28ClN3O. The van der Waals surface area contributed by atoms with Crippen molar-refractivity contribution < 1.29 is 4.42 Å². The van der Waals surface area contributed by atoms with E-state index in [1.807, 2.05) is 6.92 Å². The summed E-state index contributed by atoms with van der Waals surface area (Å²) in [5.41, 5.74) is 2.03. The van der Waals surface area contributed by atoms with Gasteiger partial charge in [-0.15, -0.1) is 22.6 Å². The molecule has 3 fully saturated rings. The first-order valence-electron chi connectivity index (χ1n) is 10.4. The Balaban J connectivity index is 0.00000205. The zero-order valence-electron chi connectivity index (χ0n) is 16.8. The summed E-state index contributed by atoms with van der Waals surface area (Å²) < 4.78 is 6.14. The van der Waals surface area contributed by atoms with E-state index in [2.05, 4.69) is 75.8 Å². The molecule has 152 valence electrons. The second-order valence-electron chi connectivity index (χ2n) is 8.34. The van der Waals surface area contributed by atoms with Crippen molar-refractivity contribution in [1.29, 1.82) is 0 Å². The van der Waals surface area contributed by atoms with E-state index in [-0.39, 0.29) is 12.4 Å². The first-order chi connectivity index (χ1) is 13.8. The van der Waals surface area contributed by atoms with E-state index in [1.165, 1.54) is 43.5 Å². The van der Waals surface area contributed by atoms with Crippen molar-refractivity contribution in [3.63, 3.8) is 0 Å². The Morgan fingerprint density at radius 1 is 0.931 bits per heavy atom. The Labute approximate surface area is 178 Å². The van der Waals surface area contributed by atoms with Crippen LogP contribution in [0.4, 0.5) is 0 Å². The highest BCUT2D eigenvalue weighted by atomic mass is 35.5. The average molecular weight is 410 g/mol. The fourth-order valence-electron chi connectivity index (χ4n) is 5.30. The predicted molar refractivity (Wildman–Crippen MR) is 116 cm³/mol. The van der Waals surface area contributed by atoms with Gasteiger partial charge in [0.25, 0.3) is 0 Å². The van der Waals surface area contributed by atoms with Crippen LogP contribution in [0.1, 0.15) is 48.6 Å². The van der Waals surface area contributed by atoms with Gasteiger partial charge in [-0.05, 0) is 55.8 Å². The maximum Gasteiger partial charge on any atom is 0.231 e. The zero-order valence-corrected chi connectivity index (χ0v) is 17.6. The molecule has 0 radical (unpaired) electrons. The van der Waals surface area contributed by atoms with Crippen LogP contribution in [0.5, 0.6) is 0 Å². The third kappa shape index (κ3) is 3.60. The number of fused-ring (bicyclic) bond motifs is 3. The van der Waals surface area contributed by atoms with E-state index in [1.54, 1.807) is 0 Å². The van der Waals surface area contributed by atoms with Gasteiger partial charge in [0.2, 0.25) is 11.8 Å². The number of hydrogen-bond donors (Lipinski definition) is 0. The summed E-state index contributed by atoms with van der Waals surface area (Å²) in [6, 6.07) is 22.0. The molecule has 2 aromatic carbocycles. The molecule has 4 nitrogen and oxygen atoms in total. The number of aromatic nitrogens is 2. The zero-order chi connectivity index (χ0) is 19.0. The van der Waals surface area contributed by atoms with E-state index in [0.29, 0.717) is 17.8 Å². The van der Waals surface area contributed by atoms with Crippen LogP contribution in [0.2, 0.25) is 0 Å². The van der Waals surface area contributed by atoms with Gasteiger partial charge in [-0.3, -0.25) is 0 Å². The molecule has 29 heavy (non-hydrogen) atoms. The summed E-state index contributed by atoms with van der Waals surface area (Å²) >= 11 is 0. The van der Waals surface area contributed by atoms with E-state index in [0.717, 1.165) is 12.3 Å². The molecule has 5 heteroatoms. The minimum Gasteiger partial charge on any atom is -0.424 e. The number of aryl methyl sites for hydroxylation is 1. The van der Waals surface area contributed by atoms with Crippen LogP contribution in [0.25, 0.3) is 0 Å². The summed E-state index contributed by atoms with van der Waals surface area (Å²) in [4.78, 5) is 2.68. The SMILES string of the molecule is Cc1nnc(C(CC2CC3CCN2CC3)(c2ccccc2)c2ccccc2)o1.Cl. The third-order valence-electron chi connectivity index (χ3n) is 6.74. The van der Waals surface area contributed by atoms with Gasteiger partial charge in [0.1, 0.15) is 0 Å². The molecular weight excluding hydrogens is 382 g/mol. The van der Waals surface area contributed by atoms with Gasteiger partial charge >= 0.3 is 0 Å². The van der Waals surface area contributed by atoms with Gasteiger partial charge in [-0.2, -0.15) is 0 Å². The summed E-state index contributed by atoms with van der Waals surface area (Å²) in [6.07, 6.45) is 4.94. The van der Waals surface area contributed by atoms with E-state index in [9.17, 15) is 0 Å². The van der Waals surface area contributed by atoms with Crippen molar-refractivity contribution in [2.75, 3.05) is 13.1 Å². The smallest absolute Gasteiger partial charge is 0.231 e. The van der Waals surface area contributed by atoms with Crippen LogP contribution >= 0.6 is 12.4 Å². The van der Waals surface area contributed by atoms with Crippen LogP contribution in [0.15, 0.2) is 65.1 Å². The summed E-state index contributed by atoms with van der Waals surface area (Å²) in [6.45, 7) is 4.32. The largest absolute Gasteiger partial charge is 0.424 e. The first-order valence-corrected chi connectivity index (χ1v) is 10.4. The fraction of sp³-hybridized carbons (Fsp3) is 0.417. The predicted octanol–water partition coefficient (Wildman–Crippen LogP) is 5.01. The summed E-state index contributed by atoms with van der Waals surface area (Å²) in [5, 5.41) is 8.78. The van der Waals surface area contributed by atoms with E-state index < -0.39 is 5.41 Å². The highest BCUT2D eigenvalue weighted by Crippen LogP contribution is 2.46. The standard InChI is InChI=1S/C24H27N3O.ClH/c1-18-25-26-23(28-18)24(20-8-4-2-5-9-20,21-10-6-3-7-11-21)17-22-16-19-12-14-27(22)15-13-19;/h2-11,19,22H,12-17H2,1H3;1H.